The number of cyclic esters (lactones) is 1. The van der Waals surface area contributed by atoms with Gasteiger partial charge in [0.15, 0.2) is 5.78 Å². The van der Waals surface area contributed by atoms with Gasteiger partial charge in [-0.15, -0.1) is 0 Å². The van der Waals surface area contributed by atoms with Gasteiger partial charge in [-0.2, -0.15) is 0 Å². The molecular weight excluding hydrogens is 262 g/mol. The Labute approximate surface area is 117 Å². The maximum Gasteiger partial charge on any atom is 0.345 e. The summed E-state index contributed by atoms with van der Waals surface area (Å²) >= 11 is 0. The van der Waals surface area contributed by atoms with E-state index in [0.29, 0.717) is 5.57 Å². The molecule has 0 amide bonds. The molecule has 0 atom stereocenters. The van der Waals surface area contributed by atoms with Crippen LogP contribution in [0.2, 0.25) is 0 Å². The van der Waals surface area contributed by atoms with Crippen molar-refractivity contribution in [2.24, 2.45) is 0 Å². The minimum absolute atomic E-state index is 0.140. The second-order valence-electron chi connectivity index (χ2n) is 4.32. The van der Waals surface area contributed by atoms with E-state index in [1.165, 1.54) is 19.1 Å². The summed E-state index contributed by atoms with van der Waals surface area (Å²) in [6, 6.07) is 0. The molecule has 0 unspecified atom stereocenters. The van der Waals surface area contributed by atoms with Crippen molar-refractivity contribution in [2.45, 2.75) is 13.8 Å². The molecule has 108 valence electrons. The first kappa shape index (κ1) is 15.7. The number of ketones is 1. The molecule has 0 spiro atoms. The highest BCUT2D eigenvalue weighted by Crippen LogP contribution is 2.20. The van der Waals surface area contributed by atoms with E-state index >= 15 is 0 Å². The third-order valence-corrected chi connectivity index (χ3v) is 2.30. The Morgan fingerprint density at radius 1 is 1.40 bits per heavy atom. The number of rotatable bonds is 5. The summed E-state index contributed by atoms with van der Waals surface area (Å²) in [4.78, 5) is 36.3. The van der Waals surface area contributed by atoms with E-state index < -0.39 is 17.7 Å². The first-order chi connectivity index (χ1) is 9.35. The minimum Gasteiger partial charge on any atom is -0.462 e. The van der Waals surface area contributed by atoms with Gasteiger partial charge < -0.3 is 14.4 Å². The molecule has 0 fully saturated rings. The first-order valence-corrected chi connectivity index (χ1v) is 6.07. The lowest BCUT2D eigenvalue weighted by molar-refractivity contribution is -0.140. The Bertz CT molecular complexity index is 526. The number of Topliss-reactive ketones (excluding diaryl/α,β-unsaturated/α-hetero) is 1. The van der Waals surface area contributed by atoms with Crippen LogP contribution in [0.3, 0.4) is 0 Å². The largest absolute Gasteiger partial charge is 0.462 e. The molecule has 20 heavy (non-hydrogen) atoms. The van der Waals surface area contributed by atoms with Crippen LogP contribution in [0.4, 0.5) is 0 Å². The molecule has 1 aliphatic rings. The van der Waals surface area contributed by atoms with Crippen molar-refractivity contribution in [1.29, 1.82) is 0 Å². The summed E-state index contributed by atoms with van der Waals surface area (Å²) in [5.41, 5.74) is 0.185. The van der Waals surface area contributed by atoms with Gasteiger partial charge in [0, 0.05) is 20.3 Å². The smallest absolute Gasteiger partial charge is 0.345 e. The summed E-state index contributed by atoms with van der Waals surface area (Å²) in [6.45, 7) is 3.05. The molecule has 1 rings (SSSR count). The average Bonchev–Trinajstić information content (AvgIpc) is 2.66. The highest BCUT2D eigenvalue weighted by Gasteiger charge is 2.23. The Kier molecular flexibility index (Phi) is 5.25. The van der Waals surface area contributed by atoms with Gasteiger partial charge in [0.25, 0.3) is 0 Å². The van der Waals surface area contributed by atoms with Crippen LogP contribution in [0.1, 0.15) is 13.8 Å². The number of ether oxygens (including phenoxy) is 2. The molecule has 0 N–H and O–H groups in total. The van der Waals surface area contributed by atoms with E-state index in [-0.39, 0.29) is 17.9 Å². The van der Waals surface area contributed by atoms with Crippen molar-refractivity contribution in [2.75, 3.05) is 20.7 Å². The van der Waals surface area contributed by atoms with Crippen LogP contribution in [-0.4, -0.2) is 43.3 Å². The van der Waals surface area contributed by atoms with Crippen molar-refractivity contribution >= 4 is 17.7 Å². The summed E-state index contributed by atoms with van der Waals surface area (Å²) < 4.78 is 9.75. The predicted octanol–water partition coefficient (Wildman–Crippen LogP) is 0.951. The van der Waals surface area contributed by atoms with Gasteiger partial charge in [0.2, 0.25) is 0 Å². The molecule has 1 heterocycles. The summed E-state index contributed by atoms with van der Waals surface area (Å²) in [6.07, 6.45) is 4.26. The molecule has 0 aliphatic carbocycles. The van der Waals surface area contributed by atoms with Crippen LogP contribution in [0.25, 0.3) is 0 Å². The lowest BCUT2D eigenvalue weighted by Gasteiger charge is -2.04. The van der Waals surface area contributed by atoms with Crippen molar-refractivity contribution in [3.05, 3.63) is 35.3 Å². The lowest BCUT2D eigenvalue weighted by Crippen LogP contribution is -2.14. The first-order valence-electron chi connectivity index (χ1n) is 6.07. The number of esters is 2. The molecule has 0 saturated heterocycles. The van der Waals surface area contributed by atoms with Crippen molar-refractivity contribution in [1.82, 2.24) is 4.90 Å². The molecule has 0 radical (unpaired) electrons. The fourth-order valence-electron chi connectivity index (χ4n) is 1.50. The van der Waals surface area contributed by atoms with Crippen LogP contribution in [0, 0.1) is 0 Å². The van der Waals surface area contributed by atoms with E-state index in [1.807, 2.05) is 0 Å². The fraction of sp³-hybridized carbons (Fsp3) is 0.357. The van der Waals surface area contributed by atoms with E-state index in [0.717, 1.165) is 0 Å². The summed E-state index contributed by atoms with van der Waals surface area (Å²) in [7, 11) is 3.53. The van der Waals surface area contributed by atoms with Gasteiger partial charge in [-0.25, -0.2) is 9.59 Å². The number of carbonyl (C=O) groups excluding carboxylic acids is 3. The maximum atomic E-state index is 11.6. The number of hydrogen-bond acceptors (Lipinski definition) is 6. The van der Waals surface area contributed by atoms with Crippen molar-refractivity contribution in [3.63, 3.8) is 0 Å². The normalized spacial score (nSPS) is 16.8. The van der Waals surface area contributed by atoms with Crippen LogP contribution < -0.4 is 0 Å². The highest BCUT2D eigenvalue weighted by atomic mass is 16.5. The third kappa shape index (κ3) is 4.08. The molecule has 6 heteroatoms. The Hall–Kier alpha value is -2.37. The van der Waals surface area contributed by atoms with Crippen molar-refractivity contribution < 1.29 is 23.9 Å². The Balaban J connectivity index is 3.05. The molecule has 0 saturated carbocycles. The van der Waals surface area contributed by atoms with E-state index in [4.69, 9.17) is 9.47 Å². The Morgan fingerprint density at radius 3 is 2.55 bits per heavy atom. The molecule has 0 aromatic heterocycles. The van der Waals surface area contributed by atoms with Gasteiger partial charge in [-0.05, 0) is 26.0 Å². The van der Waals surface area contributed by atoms with Crippen LogP contribution >= 0.6 is 0 Å². The third-order valence-electron chi connectivity index (χ3n) is 2.30. The van der Waals surface area contributed by atoms with Gasteiger partial charge in [-0.1, -0.05) is 0 Å². The number of hydrogen-bond donors (Lipinski definition) is 0. The van der Waals surface area contributed by atoms with Gasteiger partial charge in [0.1, 0.15) is 11.3 Å². The quantitative estimate of drug-likeness (QED) is 0.323. The minimum atomic E-state index is -0.734. The molecular formula is C14H17NO5. The van der Waals surface area contributed by atoms with Crippen LogP contribution in [0.15, 0.2) is 35.3 Å². The fourth-order valence-corrected chi connectivity index (χ4v) is 1.50. The molecule has 6 nitrogen and oxygen atoms in total. The second-order valence-corrected chi connectivity index (χ2v) is 4.32. The maximum absolute atomic E-state index is 11.6. The van der Waals surface area contributed by atoms with E-state index in [9.17, 15) is 14.4 Å². The Morgan fingerprint density at radius 2 is 2.05 bits per heavy atom. The zero-order chi connectivity index (χ0) is 15.3. The molecule has 0 aromatic carbocycles. The van der Waals surface area contributed by atoms with Crippen molar-refractivity contribution in [3.8, 4) is 0 Å². The standard InChI is InChI=1S/C14H17NO5/c1-5-19-14(18)12(9(2)16)7-11-6-10(8-15(3)4)13(17)20-11/h6-8H,5H2,1-4H3/b10-8-,12-7+. The predicted molar refractivity (Wildman–Crippen MR) is 71.3 cm³/mol. The summed E-state index contributed by atoms with van der Waals surface area (Å²) in [5, 5.41) is 0. The van der Waals surface area contributed by atoms with Crippen LogP contribution in [-0.2, 0) is 23.9 Å². The zero-order valence-corrected chi connectivity index (χ0v) is 11.9. The number of allylic oxidation sites excluding steroid dienone is 1. The molecule has 0 bridgehead atoms. The number of nitrogens with zero attached hydrogens (tertiary/aromatic N) is 1. The van der Waals surface area contributed by atoms with E-state index in [1.54, 1.807) is 32.1 Å². The highest BCUT2D eigenvalue weighted by molar-refractivity contribution is 6.16. The van der Waals surface area contributed by atoms with Gasteiger partial charge >= 0.3 is 11.9 Å². The summed E-state index contributed by atoms with van der Waals surface area (Å²) in [5.74, 6) is -1.58. The number of carbonyl (C=O) groups is 3. The van der Waals surface area contributed by atoms with Gasteiger partial charge in [0.05, 0.1) is 12.2 Å². The average molecular weight is 279 g/mol. The van der Waals surface area contributed by atoms with Gasteiger partial charge in [-0.3, -0.25) is 4.79 Å². The SMILES string of the molecule is CCOC(=O)/C(=C/C1=CC(=C/N(C)C)/C(=O)O1)C(C)=O. The monoisotopic (exact) mass is 279 g/mol. The molecule has 0 aromatic rings. The molecule has 1 aliphatic heterocycles. The lowest BCUT2D eigenvalue weighted by atomic mass is 10.1. The van der Waals surface area contributed by atoms with E-state index in [2.05, 4.69) is 0 Å². The topological polar surface area (TPSA) is 72.9 Å². The van der Waals surface area contributed by atoms with Crippen LogP contribution in [0.5, 0.6) is 0 Å². The second kappa shape index (κ2) is 6.70. The zero-order valence-electron chi connectivity index (χ0n) is 11.9.